The summed E-state index contributed by atoms with van der Waals surface area (Å²) >= 11 is 0. The van der Waals surface area contributed by atoms with E-state index in [9.17, 15) is 9.18 Å². The Labute approximate surface area is 91.0 Å². The molecule has 0 radical (unpaired) electrons. The number of nitrogen functional groups attached to an aromatic ring is 1. The maximum atomic E-state index is 13.3. The summed E-state index contributed by atoms with van der Waals surface area (Å²) in [6, 6.07) is 1.09. The van der Waals surface area contributed by atoms with Gasteiger partial charge in [0.1, 0.15) is 11.6 Å². The molecular weight excluding hydrogens is 213 g/mol. The Hall–Kier alpha value is -1.69. The maximum absolute atomic E-state index is 13.3. The fraction of sp³-hybridized carbons (Fsp3) is 0.400. The standard InChI is InChI=1S/C10H12FN3O2/c11-8-4-7(3-6(8)5-15)14-2-1-9(12)13-10(14)16/h1-2,4,6-7,15H,3,5H2,(H2,12,13,16)/t6-,7-/m1/s1. The van der Waals surface area contributed by atoms with Crippen LogP contribution in [0, 0.1) is 5.92 Å². The van der Waals surface area contributed by atoms with Gasteiger partial charge in [0.2, 0.25) is 0 Å². The van der Waals surface area contributed by atoms with Crippen molar-refractivity contribution in [3.05, 3.63) is 34.7 Å². The highest BCUT2D eigenvalue weighted by molar-refractivity contribution is 5.24. The Balaban J connectivity index is 2.31. The molecule has 0 amide bonds. The van der Waals surface area contributed by atoms with Crippen LogP contribution >= 0.6 is 0 Å². The Bertz CT molecular complexity index is 483. The van der Waals surface area contributed by atoms with Crippen molar-refractivity contribution >= 4 is 5.82 Å². The van der Waals surface area contributed by atoms with Gasteiger partial charge in [-0.05, 0) is 18.6 Å². The first-order valence-corrected chi connectivity index (χ1v) is 4.94. The van der Waals surface area contributed by atoms with E-state index in [1.54, 1.807) is 0 Å². The van der Waals surface area contributed by atoms with Crippen molar-refractivity contribution in [2.75, 3.05) is 12.3 Å². The number of allylic oxidation sites excluding steroid dienone is 1. The molecule has 3 N–H and O–H groups in total. The lowest BCUT2D eigenvalue weighted by Crippen LogP contribution is -2.26. The molecule has 1 aliphatic carbocycles. The fourth-order valence-electron chi connectivity index (χ4n) is 1.83. The molecule has 0 aromatic carbocycles. The van der Waals surface area contributed by atoms with E-state index < -0.39 is 17.6 Å². The molecule has 0 spiro atoms. The Kier molecular flexibility index (Phi) is 2.74. The van der Waals surface area contributed by atoms with Crippen LogP contribution in [0.3, 0.4) is 0 Å². The molecule has 0 bridgehead atoms. The average Bonchev–Trinajstić information content (AvgIpc) is 2.59. The first kappa shape index (κ1) is 10.8. The summed E-state index contributed by atoms with van der Waals surface area (Å²) in [5.74, 6) is -0.756. The lowest BCUT2D eigenvalue weighted by Gasteiger charge is -2.12. The first-order chi connectivity index (χ1) is 7.61. The number of halogens is 1. The minimum absolute atomic E-state index is 0.141. The molecule has 1 aromatic heterocycles. The molecule has 5 nitrogen and oxygen atoms in total. The van der Waals surface area contributed by atoms with E-state index >= 15 is 0 Å². The number of hydrogen-bond acceptors (Lipinski definition) is 4. The first-order valence-electron chi connectivity index (χ1n) is 4.94. The Morgan fingerprint density at radius 1 is 1.69 bits per heavy atom. The molecule has 2 rings (SSSR count). The molecule has 2 atom stereocenters. The van der Waals surface area contributed by atoms with E-state index in [4.69, 9.17) is 10.8 Å². The molecule has 1 aromatic rings. The van der Waals surface area contributed by atoms with Gasteiger partial charge in [0.05, 0.1) is 12.6 Å². The minimum atomic E-state index is -0.519. The topological polar surface area (TPSA) is 81.1 Å². The van der Waals surface area contributed by atoms with Crippen LogP contribution < -0.4 is 11.4 Å². The SMILES string of the molecule is Nc1ccn([C@H]2C=C(F)[C@@H](CO)C2)c(=O)n1. The van der Waals surface area contributed by atoms with Crippen LogP contribution in [0.25, 0.3) is 0 Å². The number of hydrogen-bond donors (Lipinski definition) is 2. The van der Waals surface area contributed by atoms with Gasteiger partial charge in [0, 0.05) is 12.1 Å². The Morgan fingerprint density at radius 2 is 2.44 bits per heavy atom. The highest BCUT2D eigenvalue weighted by Gasteiger charge is 2.27. The molecule has 86 valence electrons. The van der Waals surface area contributed by atoms with Crippen molar-refractivity contribution < 1.29 is 9.50 Å². The smallest absolute Gasteiger partial charge is 0.350 e. The van der Waals surface area contributed by atoms with Gasteiger partial charge in [0.15, 0.2) is 0 Å². The average molecular weight is 225 g/mol. The van der Waals surface area contributed by atoms with Crippen molar-refractivity contribution in [1.29, 1.82) is 0 Å². The van der Waals surface area contributed by atoms with Crippen molar-refractivity contribution in [2.45, 2.75) is 12.5 Å². The summed E-state index contributed by atoms with van der Waals surface area (Å²) in [4.78, 5) is 15.1. The summed E-state index contributed by atoms with van der Waals surface area (Å²) in [6.07, 6.45) is 3.19. The summed E-state index contributed by atoms with van der Waals surface area (Å²) in [5, 5.41) is 8.91. The summed E-state index contributed by atoms with van der Waals surface area (Å²) in [5.41, 5.74) is 4.85. The minimum Gasteiger partial charge on any atom is -0.396 e. The van der Waals surface area contributed by atoms with E-state index in [-0.39, 0.29) is 18.3 Å². The number of aliphatic hydroxyl groups excluding tert-OH is 1. The molecule has 16 heavy (non-hydrogen) atoms. The largest absolute Gasteiger partial charge is 0.396 e. The highest BCUT2D eigenvalue weighted by atomic mass is 19.1. The molecule has 6 heteroatoms. The number of aliphatic hydroxyl groups is 1. The van der Waals surface area contributed by atoms with Gasteiger partial charge in [-0.3, -0.25) is 4.57 Å². The number of aromatic nitrogens is 2. The van der Waals surface area contributed by atoms with Crippen molar-refractivity contribution in [1.82, 2.24) is 9.55 Å². The quantitative estimate of drug-likeness (QED) is 0.755. The van der Waals surface area contributed by atoms with Crippen molar-refractivity contribution in [3.8, 4) is 0 Å². The van der Waals surface area contributed by atoms with Gasteiger partial charge in [0.25, 0.3) is 0 Å². The monoisotopic (exact) mass is 225 g/mol. The van der Waals surface area contributed by atoms with Crippen molar-refractivity contribution in [3.63, 3.8) is 0 Å². The Morgan fingerprint density at radius 3 is 3.00 bits per heavy atom. The van der Waals surface area contributed by atoms with Gasteiger partial charge >= 0.3 is 5.69 Å². The normalized spacial score (nSPS) is 24.5. The zero-order valence-corrected chi connectivity index (χ0v) is 8.51. The number of rotatable bonds is 2. The molecule has 0 saturated carbocycles. The predicted octanol–water partition coefficient (Wildman–Crippen LogP) is 0.232. The highest BCUT2D eigenvalue weighted by Crippen LogP contribution is 2.33. The third kappa shape index (κ3) is 1.83. The lowest BCUT2D eigenvalue weighted by atomic mass is 10.1. The van der Waals surface area contributed by atoms with Crippen LogP contribution in [-0.2, 0) is 0 Å². The van der Waals surface area contributed by atoms with E-state index in [0.717, 1.165) is 0 Å². The van der Waals surface area contributed by atoms with Gasteiger partial charge in [-0.1, -0.05) is 0 Å². The van der Waals surface area contributed by atoms with Gasteiger partial charge < -0.3 is 10.8 Å². The third-order valence-electron chi connectivity index (χ3n) is 2.70. The van der Waals surface area contributed by atoms with Crippen molar-refractivity contribution in [2.24, 2.45) is 5.92 Å². The lowest BCUT2D eigenvalue weighted by molar-refractivity contribution is 0.223. The van der Waals surface area contributed by atoms with Gasteiger partial charge in [-0.25, -0.2) is 9.18 Å². The van der Waals surface area contributed by atoms with Gasteiger partial charge in [-0.2, -0.15) is 4.98 Å². The molecular formula is C10H12FN3O2. The van der Waals surface area contributed by atoms with Crippen LogP contribution in [0.1, 0.15) is 12.5 Å². The summed E-state index contributed by atoms with van der Waals surface area (Å²) < 4.78 is 14.6. The zero-order valence-electron chi connectivity index (χ0n) is 8.51. The molecule has 0 saturated heterocycles. The van der Waals surface area contributed by atoms with Crippen LogP contribution in [-0.4, -0.2) is 21.3 Å². The summed E-state index contributed by atoms with van der Waals surface area (Å²) in [6.45, 7) is -0.254. The van der Waals surface area contributed by atoms with E-state index in [1.165, 1.54) is 22.9 Å². The molecule has 1 heterocycles. The molecule has 0 aliphatic heterocycles. The van der Waals surface area contributed by atoms with E-state index in [1.807, 2.05) is 0 Å². The second kappa shape index (κ2) is 4.05. The second-order valence-corrected chi connectivity index (χ2v) is 3.78. The maximum Gasteiger partial charge on any atom is 0.350 e. The van der Waals surface area contributed by atoms with Gasteiger partial charge in [-0.15, -0.1) is 0 Å². The summed E-state index contributed by atoms with van der Waals surface area (Å²) in [7, 11) is 0. The fourth-order valence-corrected chi connectivity index (χ4v) is 1.83. The number of nitrogens with zero attached hydrogens (tertiary/aromatic N) is 2. The third-order valence-corrected chi connectivity index (χ3v) is 2.70. The predicted molar refractivity (Wildman–Crippen MR) is 56.3 cm³/mol. The van der Waals surface area contributed by atoms with Crippen LogP contribution in [0.2, 0.25) is 0 Å². The van der Waals surface area contributed by atoms with Crippen LogP contribution in [0.5, 0.6) is 0 Å². The van der Waals surface area contributed by atoms with Crippen LogP contribution in [0.4, 0.5) is 10.2 Å². The molecule has 0 unspecified atom stereocenters. The van der Waals surface area contributed by atoms with E-state index in [0.29, 0.717) is 6.42 Å². The zero-order chi connectivity index (χ0) is 11.7. The second-order valence-electron chi connectivity index (χ2n) is 3.78. The number of anilines is 1. The molecule has 0 fully saturated rings. The van der Waals surface area contributed by atoms with Crippen LogP contribution in [0.15, 0.2) is 29.0 Å². The number of nitrogens with two attached hydrogens (primary N) is 1. The molecule has 1 aliphatic rings. The van der Waals surface area contributed by atoms with E-state index in [2.05, 4.69) is 4.98 Å².